The lowest BCUT2D eigenvalue weighted by molar-refractivity contribution is -0.137. The third kappa shape index (κ3) is 2.10. The Hall–Kier alpha value is -1.32. The summed E-state index contributed by atoms with van der Waals surface area (Å²) in [4.78, 5) is 15.0. The fourth-order valence-corrected chi connectivity index (χ4v) is 2.57. The van der Waals surface area contributed by atoms with E-state index in [1.165, 1.54) is 5.69 Å². The Kier molecular flexibility index (Phi) is 2.99. The van der Waals surface area contributed by atoms with Gasteiger partial charge in [-0.25, -0.2) is 4.98 Å². The molecule has 0 aliphatic carbocycles. The Morgan fingerprint density at radius 2 is 2.31 bits per heavy atom. The minimum Gasteiger partial charge on any atom is -0.481 e. The summed E-state index contributed by atoms with van der Waals surface area (Å²) in [5.74, 6) is 0.868. The van der Waals surface area contributed by atoms with E-state index in [0.29, 0.717) is 5.92 Å². The van der Waals surface area contributed by atoms with Crippen molar-refractivity contribution in [1.29, 1.82) is 0 Å². The summed E-state index contributed by atoms with van der Waals surface area (Å²) in [6, 6.07) is 0. The van der Waals surface area contributed by atoms with Crippen molar-refractivity contribution in [3.05, 3.63) is 17.2 Å². The molecule has 0 saturated heterocycles. The number of carboxylic acids is 1. The Balaban J connectivity index is 2.05. The number of aliphatic carboxylic acids is 1. The Bertz CT molecular complexity index is 409. The number of fused-ring (bicyclic) bond motifs is 1. The molecule has 16 heavy (non-hydrogen) atoms. The van der Waals surface area contributed by atoms with Crippen LogP contribution in [0.5, 0.6) is 0 Å². The van der Waals surface area contributed by atoms with Gasteiger partial charge in [0.1, 0.15) is 5.82 Å². The van der Waals surface area contributed by atoms with E-state index in [0.717, 1.165) is 37.3 Å². The zero-order valence-electron chi connectivity index (χ0n) is 9.86. The smallest absolute Gasteiger partial charge is 0.303 e. The van der Waals surface area contributed by atoms with E-state index < -0.39 is 5.97 Å². The fraction of sp³-hybridized carbons (Fsp3) is 0.667. The standard InChI is InChI=1S/C12H18N2O2/c1-8-11-5-3-10(4-6-12(15)16)7-14(11)9(2)13-8/h10H,3-7H2,1-2H3,(H,15,16). The lowest BCUT2D eigenvalue weighted by atomic mass is 9.93. The third-order valence-corrected chi connectivity index (χ3v) is 3.46. The molecule has 2 rings (SSSR count). The number of carboxylic acid groups (broad SMARTS) is 1. The highest BCUT2D eigenvalue weighted by atomic mass is 16.4. The molecule has 88 valence electrons. The van der Waals surface area contributed by atoms with Crippen molar-refractivity contribution in [2.45, 2.75) is 46.1 Å². The quantitative estimate of drug-likeness (QED) is 0.850. The highest BCUT2D eigenvalue weighted by molar-refractivity contribution is 5.66. The number of aryl methyl sites for hydroxylation is 2. The molecule has 0 spiro atoms. The van der Waals surface area contributed by atoms with Crippen LogP contribution < -0.4 is 0 Å². The Labute approximate surface area is 95.3 Å². The van der Waals surface area contributed by atoms with Crippen LogP contribution in [-0.2, 0) is 17.8 Å². The van der Waals surface area contributed by atoms with Gasteiger partial charge in [0.25, 0.3) is 0 Å². The zero-order chi connectivity index (χ0) is 11.7. The second-order valence-electron chi connectivity index (χ2n) is 4.64. The molecule has 1 N–H and O–H groups in total. The van der Waals surface area contributed by atoms with Gasteiger partial charge in [0.15, 0.2) is 0 Å². The van der Waals surface area contributed by atoms with Crippen molar-refractivity contribution < 1.29 is 9.90 Å². The predicted octanol–water partition coefficient (Wildman–Crippen LogP) is 1.93. The molecule has 1 atom stereocenters. The summed E-state index contributed by atoms with van der Waals surface area (Å²) >= 11 is 0. The van der Waals surface area contributed by atoms with Crippen molar-refractivity contribution in [3.63, 3.8) is 0 Å². The molecule has 1 aromatic heterocycles. The summed E-state index contributed by atoms with van der Waals surface area (Å²) in [6.07, 6.45) is 3.20. The van der Waals surface area contributed by atoms with Crippen LogP contribution in [0.4, 0.5) is 0 Å². The normalized spacial score (nSPS) is 19.5. The van der Waals surface area contributed by atoms with Gasteiger partial charge in [0.05, 0.1) is 5.69 Å². The number of imidazole rings is 1. The van der Waals surface area contributed by atoms with Crippen molar-refractivity contribution in [2.24, 2.45) is 5.92 Å². The zero-order valence-corrected chi connectivity index (χ0v) is 9.86. The van der Waals surface area contributed by atoms with E-state index in [9.17, 15) is 4.79 Å². The van der Waals surface area contributed by atoms with Crippen LogP contribution in [0.15, 0.2) is 0 Å². The fourth-order valence-electron chi connectivity index (χ4n) is 2.57. The second-order valence-corrected chi connectivity index (χ2v) is 4.64. The molecule has 1 aliphatic rings. The van der Waals surface area contributed by atoms with Crippen LogP contribution in [-0.4, -0.2) is 20.6 Å². The van der Waals surface area contributed by atoms with Gasteiger partial charge in [-0.05, 0) is 39.0 Å². The lowest BCUT2D eigenvalue weighted by Gasteiger charge is -2.25. The number of rotatable bonds is 3. The van der Waals surface area contributed by atoms with Gasteiger partial charge < -0.3 is 9.67 Å². The topological polar surface area (TPSA) is 55.1 Å². The minimum absolute atomic E-state index is 0.284. The molecule has 0 bridgehead atoms. The summed E-state index contributed by atoms with van der Waals surface area (Å²) in [5.41, 5.74) is 2.47. The molecule has 1 aliphatic heterocycles. The summed E-state index contributed by atoms with van der Waals surface area (Å²) in [6.45, 7) is 5.02. The van der Waals surface area contributed by atoms with E-state index in [2.05, 4.69) is 16.5 Å². The second kappa shape index (κ2) is 4.28. The van der Waals surface area contributed by atoms with Gasteiger partial charge in [-0.3, -0.25) is 4.79 Å². The molecule has 1 aromatic rings. The summed E-state index contributed by atoms with van der Waals surface area (Å²) < 4.78 is 2.26. The Morgan fingerprint density at radius 1 is 1.56 bits per heavy atom. The van der Waals surface area contributed by atoms with Gasteiger partial charge in [0.2, 0.25) is 0 Å². The van der Waals surface area contributed by atoms with E-state index in [4.69, 9.17) is 5.11 Å². The summed E-state index contributed by atoms with van der Waals surface area (Å²) in [5, 5.41) is 8.68. The molecule has 0 radical (unpaired) electrons. The van der Waals surface area contributed by atoms with Gasteiger partial charge >= 0.3 is 5.97 Å². The number of hydrogen-bond acceptors (Lipinski definition) is 2. The third-order valence-electron chi connectivity index (χ3n) is 3.46. The first-order chi connectivity index (χ1) is 7.58. The number of nitrogens with zero attached hydrogens (tertiary/aromatic N) is 2. The number of aromatic nitrogens is 2. The highest BCUT2D eigenvalue weighted by Crippen LogP contribution is 2.26. The minimum atomic E-state index is -0.690. The average molecular weight is 222 g/mol. The van der Waals surface area contributed by atoms with Crippen LogP contribution in [0.2, 0.25) is 0 Å². The Morgan fingerprint density at radius 3 is 3.00 bits per heavy atom. The van der Waals surface area contributed by atoms with Crippen LogP contribution in [0.3, 0.4) is 0 Å². The maximum Gasteiger partial charge on any atom is 0.303 e. The average Bonchev–Trinajstić information content (AvgIpc) is 2.52. The van der Waals surface area contributed by atoms with Crippen molar-refractivity contribution in [2.75, 3.05) is 0 Å². The molecule has 0 amide bonds. The van der Waals surface area contributed by atoms with Crippen LogP contribution in [0.25, 0.3) is 0 Å². The van der Waals surface area contributed by atoms with Crippen LogP contribution in [0.1, 0.15) is 36.5 Å². The molecule has 4 heteroatoms. The van der Waals surface area contributed by atoms with E-state index >= 15 is 0 Å². The first-order valence-corrected chi connectivity index (χ1v) is 5.82. The molecule has 2 heterocycles. The first-order valence-electron chi connectivity index (χ1n) is 5.82. The highest BCUT2D eigenvalue weighted by Gasteiger charge is 2.22. The van der Waals surface area contributed by atoms with Gasteiger partial charge in [-0.15, -0.1) is 0 Å². The van der Waals surface area contributed by atoms with Crippen LogP contribution >= 0.6 is 0 Å². The maximum atomic E-state index is 10.5. The number of hydrogen-bond donors (Lipinski definition) is 1. The van der Waals surface area contributed by atoms with Gasteiger partial charge in [-0.1, -0.05) is 0 Å². The van der Waals surface area contributed by atoms with E-state index in [1.807, 2.05) is 6.92 Å². The van der Waals surface area contributed by atoms with E-state index in [-0.39, 0.29) is 6.42 Å². The van der Waals surface area contributed by atoms with Crippen LogP contribution in [0, 0.1) is 19.8 Å². The molecule has 1 unspecified atom stereocenters. The lowest BCUT2D eigenvalue weighted by Crippen LogP contribution is -2.21. The molecule has 0 saturated carbocycles. The first kappa shape index (κ1) is 11.2. The molecular weight excluding hydrogens is 204 g/mol. The van der Waals surface area contributed by atoms with Crippen molar-refractivity contribution >= 4 is 5.97 Å². The maximum absolute atomic E-state index is 10.5. The largest absolute Gasteiger partial charge is 0.481 e. The van der Waals surface area contributed by atoms with Gasteiger partial charge in [-0.2, -0.15) is 0 Å². The molecular formula is C12H18N2O2. The number of carbonyl (C=O) groups is 1. The van der Waals surface area contributed by atoms with Gasteiger partial charge in [0, 0.05) is 18.7 Å². The predicted molar refractivity (Wildman–Crippen MR) is 60.4 cm³/mol. The molecule has 4 nitrogen and oxygen atoms in total. The van der Waals surface area contributed by atoms with E-state index in [1.54, 1.807) is 0 Å². The SMILES string of the molecule is Cc1nc(C)n2c1CCC(CCC(=O)O)C2. The summed E-state index contributed by atoms with van der Waals surface area (Å²) in [7, 11) is 0. The molecule has 0 aromatic carbocycles. The monoisotopic (exact) mass is 222 g/mol. The molecule has 0 fully saturated rings. The van der Waals surface area contributed by atoms with Crippen molar-refractivity contribution in [1.82, 2.24) is 9.55 Å². The van der Waals surface area contributed by atoms with Crippen molar-refractivity contribution in [3.8, 4) is 0 Å².